The van der Waals surface area contributed by atoms with Gasteiger partial charge in [-0.05, 0) is 118 Å². The van der Waals surface area contributed by atoms with Crippen LogP contribution in [-0.4, -0.2) is 122 Å². The molecule has 2 aromatic carbocycles. The zero-order valence-corrected chi connectivity index (χ0v) is 41.7. The van der Waals surface area contributed by atoms with Crippen molar-refractivity contribution in [3.05, 3.63) is 122 Å². The molecular formula is C55H61F3N10O5. The van der Waals surface area contributed by atoms with Gasteiger partial charge >= 0.3 is 0 Å². The van der Waals surface area contributed by atoms with Crippen molar-refractivity contribution in [3.8, 4) is 5.69 Å². The van der Waals surface area contributed by atoms with Crippen LogP contribution in [0.15, 0.2) is 65.7 Å². The molecule has 4 fully saturated rings. The third-order valence-electron chi connectivity index (χ3n) is 16.8. The molecule has 5 aromatic rings. The molecule has 4 amide bonds. The largest absolute Gasteiger partial charge is 0.394 e. The zero-order chi connectivity index (χ0) is 51.2. The number of likely N-dealkylation sites (tertiary alicyclic amines) is 1. The van der Waals surface area contributed by atoms with Gasteiger partial charge in [-0.1, -0.05) is 18.2 Å². The van der Waals surface area contributed by atoms with Crippen molar-refractivity contribution in [1.29, 1.82) is 0 Å². The Morgan fingerprint density at radius 2 is 1.71 bits per heavy atom. The highest BCUT2D eigenvalue weighted by Gasteiger charge is 2.61. The number of carbonyl (C=O) groups is 4. The van der Waals surface area contributed by atoms with E-state index in [0.717, 1.165) is 97.3 Å². The van der Waals surface area contributed by atoms with Gasteiger partial charge in [0.1, 0.15) is 23.2 Å². The monoisotopic (exact) mass is 998 g/mol. The lowest BCUT2D eigenvalue weighted by molar-refractivity contribution is -0.135. The zero-order valence-electron chi connectivity index (χ0n) is 41.7. The Hall–Kier alpha value is -6.63. The number of hydrogen-bond donors (Lipinski definition) is 2. The fourth-order valence-electron chi connectivity index (χ4n) is 12.5. The van der Waals surface area contributed by atoms with E-state index < -0.39 is 46.1 Å². The second-order valence-corrected chi connectivity index (χ2v) is 21.3. The molecule has 3 aromatic heterocycles. The van der Waals surface area contributed by atoms with Crippen LogP contribution in [0.3, 0.4) is 0 Å². The number of amides is 4. The molecule has 1 unspecified atom stereocenters. The number of halogens is 3. The minimum absolute atomic E-state index is 0.0174. The number of piperazine rings is 1. The number of anilines is 2. The van der Waals surface area contributed by atoms with Crippen molar-refractivity contribution >= 4 is 51.6 Å². The van der Waals surface area contributed by atoms with Gasteiger partial charge in [-0.2, -0.15) is 4.39 Å². The standard InChI is InChI=1S/C55H61F3N10O5/c1-31-23-37(25-40(56)47(31)36-12-19-64(20-13-36)33(3)45-26-38-42(9-16-60-50(38)62(45)4)67-30-41(57)49(59)48(58)53(67)72)52(71)65-17-10-34(11-18-65)29-66-22-21-63(27-32(66)2)28-35-5-6-43-39(24-35)55(14-15-55)54(73)68(43)44-7-8-46(69)61-51(44)70/h5-6,9,12,16,23-26,30,32-34,44H,7-8,10-11,13-15,17-22,27-29,59H2,1-4H3,(H,61,69,70)/t32-,33-,44?/m0/s1. The lowest BCUT2D eigenvalue weighted by atomic mass is 9.92. The van der Waals surface area contributed by atoms with Crippen LogP contribution in [-0.2, 0) is 33.4 Å². The van der Waals surface area contributed by atoms with E-state index >= 15 is 4.39 Å². The smallest absolute Gasteiger partial charge is 0.293 e. The summed E-state index contributed by atoms with van der Waals surface area (Å²) in [4.78, 5) is 80.3. The number of piperidine rings is 2. The van der Waals surface area contributed by atoms with Crippen molar-refractivity contribution in [2.24, 2.45) is 13.0 Å². The SMILES string of the molecule is Cc1cc(C(=O)N2CCC(CN3CCN(Cc4ccc5c(c4)C4(CC4)C(=O)N5C4CCC(=O)NC4=O)C[C@@H]3C)CC2)cc(F)c1C1=CCN([C@@H](C)c2cc3c(-n4cc(F)c(N)c(F)c4=O)ccnc3n2C)CC1. The summed E-state index contributed by atoms with van der Waals surface area (Å²) in [7, 11) is 1.85. The average Bonchev–Trinajstić information content (AvgIpc) is 4.08. The van der Waals surface area contributed by atoms with Gasteiger partial charge in [0.15, 0.2) is 5.82 Å². The fraction of sp³-hybridized carbons (Fsp3) is 0.455. The lowest BCUT2D eigenvalue weighted by Crippen LogP contribution is -2.54. The summed E-state index contributed by atoms with van der Waals surface area (Å²) in [5.41, 5.74) is 10.1. The van der Waals surface area contributed by atoms with Gasteiger partial charge in [0, 0.05) is 119 Å². The number of carbonyl (C=O) groups excluding carboxylic acids is 4. The number of hydrogen-bond acceptors (Lipinski definition) is 10. The summed E-state index contributed by atoms with van der Waals surface area (Å²) in [6.45, 7) is 13.1. The van der Waals surface area contributed by atoms with Crippen LogP contribution in [0.5, 0.6) is 0 Å². The molecule has 6 aliphatic rings. The Kier molecular flexibility index (Phi) is 12.5. The van der Waals surface area contributed by atoms with E-state index in [1.54, 1.807) is 4.90 Å². The summed E-state index contributed by atoms with van der Waals surface area (Å²) in [6, 6.07) is 12.4. The van der Waals surface area contributed by atoms with E-state index in [4.69, 9.17) is 5.73 Å². The van der Waals surface area contributed by atoms with Gasteiger partial charge < -0.3 is 15.2 Å². The van der Waals surface area contributed by atoms with Gasteiger partial charge in [-0.3, -0.25) is 53.5 Å². The highest BCUT2D eigenvalue weighted by molar-refractivity contribution is 6.15. The number of fused-ring (bicyclic) bond motifs is 3. The molecule has 0 radical (unpaired) electrons. The molecule has 3 atom stereocenters. The molecule has 11 rings (SSSR count). The molecule has 1 saturated carbocycles. The Balaban J connectivity index is 0.676. The quantitative estimate of drug-likeness (QED) is 0.156. The number of rotatable bonds is 10. The van der Waals surface area contributed by atoms with Crippen LogP contribution in [0.2, 0.25) is 0 Å². The van der Waals surface area contributed by atoms with E-state index in [0.29, 0.717) is 78.7 Å². The van der Waals surface area contributed by atoms with E-state index in [-0.39, 0.29) is 35.9 Å². The number of aromatic nitrogens is 3. The summed E-state index contributed by atoms with van der Waals surface area (Å²) in [5.74, 6) is -3.22. The van der Waals surface area contributed by atoms with E-state index in [2.05, 4.69) is 44.1 Å². The van der Waals surface area contributed by atoms with E-state index in [1.165, 1.54) is 18.3 Å². The van der Waals surface area contributed by atoms with Crippen molar-refractivity contribution in [2.45, 2.75) is 95.8 Å². The molecule has 382 valence electrons. The highest BCUT2D eigenvalue weighted by atomic mass is 19.1. The van der Waals surface area contributed by atoms with Crippen LogP contribution in [0.25, 0.3) is 22.3 Å². The number of aryl methyl sites for hydroxylation is 2. The molecule has 3 saturated heterocycles. The maximum absolute atomic E-state index is 16.1. The summed E-state index contributed by atoms with van der Waals surface area (Å²) < 4.78 is 48.0. The normalized spacial score (nSPS) is 22.3. The maximum Gasteiger partial charge on any atom is 0.293 e. The molecule has 0 bridgehead atoms. The summed E-state index contributed by atoms with van der Waals surface area (Å²) >= 11 is 0. The van der Waals surface area contributed by atoms with Crippen LogP contribution in [0, 0.1) is 30.3 Å². The molecular weight excluding hydrogens is 938 g/mol. The van der Waals surface area contributed by atoms with Crippen LogP contribution >= 0.6 is 0 Å². The fourth-order valence-corrected chi connectivity index (χ4v) is 12.5. The molecule has 1 aliphatic carbocycles. The van der Waals surface area contributed by atoms with Crippen LogP contribution in [0.1, 0.15) is 103 Å². The minimum Gasteiger partial charge on any atom is -0.394 e. The predicted octanol–water partition coefficient (Wildman–Crippen LogP) is 6.12. The predicted molar refractivity (Wildman–Crippen MR) is 270 cm³/mol. The summed E-state index contributed by atoms with van der Waals surface area (Å²) in [6.07, 6.45) is 8.86. The Labute approximate surface area is 421 Å². The van der Waals surface area contributed by atoms with Crippen molar-refractivity contribution in [1.82, 2.24) is 39.0 Å². The first-order chi connectivity index (χ1) is 35.0. The van der Waals surface area contributed by atoms with Gasteiger partial charge in [-0.25, -0.2) is 13.8 Å². The number of imide groups is 1. The maximum atomic E-state index is 16.1. The first-order valence-corrected chi connectivity index (χ1v) is 25.6. The number of nitrogen functional groups attached to an aromatic ring is 1. The number of pyridine rings is 2. The molecule has 18 heteroatoms. The molecule has 1 spiro atoms. The number of benzene rings is 2. The molecule has 73 heavy (non-hydrogen) atoms. The van der Waals surface area contributed by atoms with Crippen LogP contribution < -0.4 is 21.5 Å². The second kappa shape index (κ2) is 18.7. The van der Waals surface area contributed by atoms with Crippen molar-refractivity contribution in [2.75, 3.05) is 63.0 Å². The van der Waals surface area contributed by atoms with Gasteiger partial charge in [-0.15, -0.1) is 0 Å². The molecule has 5 aliphatic heterocycles. The Bertz CT molecular complexity index is 3190. The highest BCUT2D eigenvalue weighted by Crippen LogP contribution is 2.58. The molecule has 8 heterocycles. The van der Waals surface area contributed by atoms with Crippen molar-refractivity contribution in [3.63, 3.8) is 0 Å². The molecule has 15 nitrogen and oxygen atoms in total. The second-order valence-electron chi connectivity index (χ2n) is 21.3. The first kappa shape index (κ1) is 48.6. The lowest BCUT2D eigenvalue weighted by Gasteiger charge is -2.42. The molecule has 3 N–H and O–H groups in total. The first-order valence-electron chi connectivity index (χ1n) is 25.6. The van der Waals surface area contributed by atoms with Gasteiger partial charge in [0.05, 0.1) is 17.3 Å². The van der Waals surface area contributed by atoms with Crippen molar-refractivity contribution < 1.29 is 32.3 Å². The average molecular weight is 999 g/mol. The summed E-state index contributed by atoms with van der Waals surface area (Å²) in [5, 5.41) is 2.96. The number of nitrogens with zero attached hydrogens (tertiary/aromatic N) is 8. The Morgan fingerprint density at radius 3 is 2.41 bits per heavy atom. The van der Waals surface area contributed by atoms with Gasteiger partial charge in [0.2, 0.25) is 23.5 Å². The minimum atomic E-state index is -1.36. The number of nitrogens with one attached hydrogen (secondary N) is 1. The Morgan fingerprint density at radius 1 is 0.932 bits per heavy atom. The van der Waals surface area contributed by atoms with E-state index in [1.807, 2.05) is 54.6 Å². The van der Waals surface area contributed by atoms with Gasteiger partial charge in [0.25, 0.3) is 11.5 Å². The van der Waals surface area contributed by atoms with E-state index in [9.17, 15) is 32.8 Å². The number of nitrogens with two attached hydrogens (primary N) is 1. The topological polar surface area (TPSA) is 162 Å². The third-order valence-corrected chi connectivity index (χ3v) is 16.8. The third kappa shape index (κ3) is 8.54. The van der Waals surface area contributed by atoms with Crippen LogP contribution in [0.4, 0.5) is 24.5 Å².